The minimum Gasteiger partial charge on any atom is -0.478 e. The molecule has 1 N–H and O–H groups in total. The first-order valence-corrected chi connectivity index (χ1v) is 5.40. The zero-order chi connectivity index (χ0) is 12.3. The fraction of sp³-hybridized carbons (Fsp3) is 0.182. The van der Waals surface area contributed by atoms with Crippen LogP contribution in [0, 0.1) is 0 Å². The van der Waals surface area contributed by atoms with Crippen molar-refractivity contribution in [3.8, 4) is 0 Å². The van der Waals surface area contributed by atoms with E-state index in [1.54, 1.807) is 6.92 Å². The molecule has 0 saturated carbocycles. The lowest BCUT2D eigenvalue weighted by Gasteiger charge is -2.09. The zero-order valence-corrected chi connectivity index (χ0v) is 10.0. The summed E-state index contributed by atoms with van der Waals surface area (Å²) in [4.78, 5) is 32.9. The summed E-state index contributed by atoms with van der Waals surface area (Å²) in [5.41, 5.74) is -0.105. The van der Waals surface area contributed by atoms with Gasteiger partial charge in [-0.25, -0.2) is 4.79 Å². The lowest BCUT2D eigenvalue weighted by atomic mass is 9.97. The number of carboxylic acids is 1. The zero-order valence-electron chi connectivity index (χ0n) is 8.44. The third-order valence-electron chi connectivity index (χ3n) is 2.06. The van der Waals surface area contributed by atoms with Gasteiger partial charge >= 0.3 is 5.97 Å². The molecule has 1 aromatic rings. The van der Waals surface area contributed by atoms with Gasteiger partial charge in [0.05, 0.1) is 10.4 Å². The number of rotatable bonds is 4. The maximum atomic E-state index is 11.8. The number of ketones is 1. The van der Waals surface area contributed by atoms with Crippen molar-refractivity contribution in [1.82, 2.24) is 0 Å². The van der Waals surface area contributed by atoms with E-state index in [4.69, 9.17) is 5.11 Å². The number of hydrogen-bond acceptors (Lipinski definition) is 3. The first kappa shape index (κ1) is 12.6. The molecular formula is C11H9BrO4. The molecular weight excluding hydrogens is 276 g/mol. The second-order valence-corrected chi connectivity index (χ2v) is 4.55. The van der Waals surface area contributed by atoms with Gasteiger partial charge in [0, 0.05) is 11.1 Å². The van der Waals surface area contributed by atoms with Gasteiger partial charge in [-0.1, -0.05) is 28.1 Å². The van der Waals surface area contributed by atoms with E-state index in [-0.39, 0.29) is 16.7 Å². The molecule has 0 heterocycles. The first-order chi connectivity index (χ1) is 7.49. The number of carbonyl (C=O) groups is 3. The monoisotopic (exact) mass is 284 g/mol. The minimum atomic E-state index is -1.22. The van der Waals surface area contributed by atoms with Crippen LogP contribution >= 0.6 is 15.9 Å². The molecule has 0 aliphatic rings. The number of benzene rings is 1. The molecule has 0 aliphatic heterocycles. The van der Waals surface area contributed by atoms with Gasteiger partial charge in [0.2, 0.25) is 0 Å². The van der Waals surface area contributed by atoms with Crippen LogP contribution in [0.15, 0.2) is 18.2 Å². The van der Waals surface area contributed by atoms with E-state index in [1.807, 2.05) is 0 Å². The molecule has 0 bridgehead atoms. The van der Waals surface area contributed by atoms with Crippen molar-refractivity contribution in [2.75, 3.05) is 0 Å². The molecule has 0 amide bonds. The van der Waals surface area contributed by atoms with Gasteiger partial charge in [-0.05, 0) is 13.0 Å². The highest BCUT2D eigenvalue weighted by atomic mass is 79.9. The molecule has 16 heavy (non-hydrogen) atoms. The van der Waals surface area contributed by atoms with Crippen LogP contribution in [0.2, 0.25) is 0 Å². The maximum absolute atomic E-state index is 11.8. The van der Waals surface area contributed by atoms with Crippen LogP contribution in [0.1, 0.15) is 38.0 Å². The summed E-state index contributed by atoms with van der Waals surface area (Å²) in [7, 11) is 0. The number of aldehydes is 1. The summed E-state index contributed by atoms with van der Waals surface area (Å²) in [5.74, 6) is -1.64. The quantitative estimate of drug-likeness (QED) is 0.523. The molecule has 1 aromatic carbocycles. The van der Waals surface area contributed by atoms with Gasteiger partial charge in [0.25, 0.3) is 0 Å². The normalized spacial score (nSPS) is 11.9. The highest BCUT2D eigenvalue weighted by Crippen LogP contribution is 2.18. The smallest absolute Gasteiger partial charge is 0.336 e. The standard InChI is InChI=1S/C11H9BrO4/c1-6(12)10(14)9-7(5-13)3-2-4-8(9)11(15)16/h2-6H,1H3,(H,15,16). The van der Waals surface area contributed by atoms with Gasteiger partial charge in [-0.15, -0.1) is 0 Å². The first-order valence-electron chi connectivity index (χ1n) is 4.48. The van der Waals surface area contributed by atoms with Crippen molar-refractivity contribution in [3.63, 3.8) is 0 Å². The molecule has 84 valence electrons. The van der Waals surface area contributed by atoms with Crippen molar-refractivity contribution < 1.29 is 19.5 Å². The highest BCUT2D eigenvalue weighted by Gasteiger charge is 2.22. The Morgan fingerprint density at radius 1 is 1.44 bits per heavy atom. The Kier molecular flexibility index (Phi) is 3.95. The average molecular weight is 285 g/mol. The molecule has 0 fully saturated rings. The molecule has 0 radical (unpaired) electrons. The number of alkyl halides is 1. The maximum Gasteiger partial charge on any atom is 0.336 e. The van der Waals surface area contributed by atoms with E-state index in [1.165, 1.54) is 18.2 Å². The lowest BCUT2D eigenvalue weighted by molar-refractivity contribution is 0.0692. The summed E-state index contributed by atoms with van der Waals surface area (Å²) in [5, 5.41) is 8.93. The summed E-state index contributed by atoms with van der Waals surface area (Å²) < 4.78 is 0. The van der Waals surface area contributed by atoms with Gasteiger partial charge in [0.15, 0.2) is 12.1 Å². The van der Waals surface area contributed by atoms with E-state index in [0.717, 1.165) is 0 Å². The van der Waals surface area contributed by atoms with Crippen LogP contribution < -0.4 is 0 Å². The second kappa shape index (κ2) is 5.03. The Balaban J connectivity index is 3.48. The van der Waals surface area contributed by atoms with Gasteiger partial charge in [-0.2, -0.15) is 0 Å². The molecule has 4 nitrogen and oxygen atoms in total. The molecule has 0 aromatic heterocycles. The predicted molar refractivity (Wildman–Crippen MR) is 61.5 cm³/mol. The van der Waals surface area contributed by atoms with Crippen molar-refractivity contribution in [2.24, 2.45) is 0 Å². The number of carboxylic acid groups (broad SMARTS) is 1. The largest absolute Gasteiger partial charge is 0.478 e. The van der Waals surface area contributed by atoms with Crippen LogP contribution in [-0.2, 0) is 0 Å². The average Bonchev–Trinajstić information content (AvgIpc) is 2.26. The Morgan fingerprint density at radius 3 is 2.50 bits per heavy atom. The lowest BCUT2D eigenvalue weighted by Crippen LogP contribution is -2.17. The van der Waals surface area contributed by atoms with Crippen LogP contribution in [0.3, 0.4) is 0 Å². The van der Waals surface area contributed by atoms with Crippen LogP contribution in [0.4, 0.5) is 0 Å². The van der Waals surface area contributed by atoms with Crippen LogP contribution in [0.25, 0.3) is 0 Å². The summed E-state index contributed by atoms with van der Waals surface area (Å²) in [6, 6.07) is 4.16. The van der Waals surface area contributed by atoms with E-state index in [0.29, 0.717) is 6.29 Å². The fourth-order valence-corrected chi connectivity index (χ4v) is 1.55. The van der Waals surface area contributed by atoms with Gasteiger partial charge < -0.3 is 5.11 Å². The molecule has 0 aliphatic carbocycles. The second-order valence-electron chi connectivity index (χ2n) is 3.17. The number of hydrogen-bond donors (Lipinski definition) is 1. The van der Waals surface area contributed by atoms with Crippen molar-refractivity contribution in [2.45, 2.75) is 11.8 Å². The summed E-state index contributed by atoms with van der Waals surface area (Å²) in [6.45, 7) is 1.58. The van der Waals surface area contributed by atoms with E-state index < -0.39 is 16.6 Å². The number of aromatic carboxylic acids is 1. The third-order valence-corrected chi connectivity index (χ3v) is 2.48. The van der Waals surface area contributed by atoms with Crippen molar-refractivity contribution in [3.05, 3.63) is 34.9 Å². The van der Waals surface area contributed by atoms with Gasteiger partial charge in [0.1, 0.15) is 0 Å². The molecule has 5 heteroatoms. The number of halogens is 1. The molecule has 1 unspecified atom stereocenters. The Morgan fingerprint density at radius 2 is 2.06 bits per heavy atom. The highest BCUT2D eigenvalue weighted by molar-refractivity contribution is 9.10. The third kappa shape index (κ3) is 2.36. The Bertz CT molecular complexity index is 451. The Hall–Kier alpha value is -1.49. The molecule has 1 atom stereocenters. The Labute approximate surface area is 100 Å². The topological polar surface area (TPSA) is 71.4 Å². The number of Topliss-reactive ketones (excluding diaryl/α,β-unsaturated/α-hetero) is 1. The predicted octanol–water partition coefficient (Wildman–Crippen LogP) is 2.16. The van der Waals surface area contributed by atoms with Gasteiger partial charge in [-0.3, -0.25) is 9.59 Å². The van der Waals surface area contributed by atoms with Crippen molar-refractivity contribution in [1.29, 1.82) is 0 Å². The molecule has 0 spiro atoms. The van der Waals surface area contributed by atoms with E-state index in [2.05, 4.69) is 15.9 Å². The van der Waals surface area contributed by atoms with E-state index in [9.17, 15) is 14.4 Å². The SMILES string of the molecule is CC(Br)C(=O)c1c(C=O)cccc1C(=O)O. The fourth-order valence-electron chi connectivity index (χ4n) is 1.32. The van der Waals surface area contributed by atoms with Crippen LogP contribution in [0.5, 0.6) is 0 Å². The molecule has 0 saturated heterocycles. The summed E-state index contributed by atoms with van der Waals surface area (Å²) in [6.07, 6.45) is 0.481. The van der Waals surface area contributed by atoms with Crippen molar-refractivity contribution >= 4 is 34.0 Å². The summed E-state index contributed by atoms with van der Waals surface area (Å²) >= 11 is 3.06. The minimum absolute atomic E-state index is 0.0469. The number of carbonyl (C=O) groups excluding carboxylic acids is 2. The molecule has 1 rings (SSSR count). The van der Waals surface area contributed by atoms with E-state index >= 15 is 0 Å². The van der Waals surface area contributed by atoms with Crippen LogP contribution in [-0.4, -0.2) is 28.0 Å².